The summed E-state index contributed by atoms with van der Waals surface area (Å²) in [6.07, 6.45) is 0.0223. The van der Waals surface area contributed by atoms with Gasteiger partial charge in [-0.1, -0.05) is 13.8 Å². The molecule has 2 unspecified atom stereocenters. The lowest BCUT2D eigenvalue weighted by molar-refractivity contribution is -0.150. The minimum atomic E-state index is -0.718. The van der Waals surface area contributed by atoms with E-state index in [0.29, 0.717) is 5.92 Å². The summed E-state index contributed by atoms with van der Waals surface area (Å²) in [7, 11) is 0. The van der Waals surface area contributed by atoms with E-state index in [1.54, 1.807) is 27.7 Å². The van der Waals surface area contributed by atoms with Crippen molar-refractivity contribution in [1.29, 1.82) is 0 Å². The van der Waals surface area contributed by atoms with Gasteiger partial charge in [0.15, 0.2) is 0 Å². The number of rotatable bonds is 5. The van der Waals surface area contributed by atoms with Crippen molar-refractivity contribution in [3.05, 3.63) is 0 Å². The molecule has 0 fully saturated rings. The van der Waals surface area contributed by atoms with Crippen LogP contribution in [0.15, 0.2) is 0 Å². The molecule has 0 radical (unpaired) electrons. The number of nitrogens with one attached hydrogen (secondary N) is 1. The maximum Gasteiger partial charge on any atom is 0.408 e. The summed E-state index contributed by atoms with van der Waals surface area (Å²) in [5.41, 5.74) is -0.585. The van der Waals surface area contributed by atoms with Gasteiger partial charge in [-0.05, 0) is 47.0 Å². The molecule has 0 heterocycles. The molecule has 112 valence electrons. The van der Waals surface area contributed by atoms with Gasteiger partial charge in [0, 0.05) is 0 Å². The van der Waals surface area contributed by atoms with Gasteiger partial charge >= 0.3 is 12.1 Å². The first kappa shape index (κ1) is 17.7. The van der Waals surface area contributed by atoms with Crippen LogP contribution in [0.3, 0.4) is 0 Å². The van der Waals surface area contributed by atoms with Crippen molar-refractivity contribution >= 4 is 12.1 Å². The molecular formula is C14H27NO4. The van der Waals surface area contributed by atoms with E-state index in [9.17, 15) is 9.59 Å². The molecule has 0 spiro atoms. The first-order chi connectivity index (χ1) is 8.51. The van der Waals surface area contributed by atoms with Gasteiger partial charge in [-0.2, -0.15) is 0 Å². The number of esters is 1. The fraction of sp³-hybridized carbons (Fsp3) is 0.857. The largest absolute Gasteiger partial charge is 0.461 e. The molecule has 1 amide bonds. The monoisotopic (exact) mass is 273 g/mol. The number of ether oxygens (including phenoxy) is 2. The Balaban J connectivity index is 4.17. The van der Waals surface area contributed by atoms with Crippen molar-refractivity contribution < 1.29 is 19.1 Å². The highest BCUT2D eigenvalue weighted by atomic mass is 16.6. The zero-order chi connectivity index (χ0) is 15.2. The molecule has 0 aliphatic rings. The first-order valence-corrected chi connectivity index (χ1v) is 6.71. The van der Waals surface area contributed by atoms with Gasteiger partial charge in [0.1, 0.15) is 11.6 Å². The molecule has 0 saturated heterocycles. The summed E-state index contributed by atoms with van der Waals surface area (Å²) in [5.74, 6) is 0.0101. The van der Waals surface area contributed by atoms with Crippen LogP contribution in [-0.4, -0.2) is 29.8 Å². The number of alkyl carbamates (subject to hydrolysis) is 1. The average molecular weight is 273 g/mol. The lowest BCUT2D eigenvalue weighted by Crippen LogP contribution is -2.43. The highest BCUT2D eigenvalue weighted by Gasteiger charge is 2.23. The topological polar surface area (TPSA) is 64.6 Å². The van der Waals surface area contributed by atoms with Crippen molar-refractivity contribution in [1.82, 2.24) is 5.32 Å². The molecule has 0 aliphatic heterocycles. The van der Waals surface area contributed by atoms with Crippen LogP contribution in [0.4, 0.5) is 4.79 Å². The van der Waals surface area contributed by atoms with Gasteiger partial charge in [-0.15, -0.1) is 0 Å². The van der Waals surface area contributed by atoms with E-state index < -0.39 is 23.7 Å². The number of carbonyl (C=O) groups is 2. The van der Waals surface area contributed by atoms with Crippen LogP contribution < -0.4 is 5.32 Å². The highest BCUT2D eigenvalue weighted by Crippen LogP contribution is 2.09. The van der Waals surface area contributed by atoms with Gasteiger partial charge in [0.2, 0.25) is 0 Å². The van der Waals surface area contributed by atoms with Crippen molar-refractivity contribution in [2.45, 2.75) is 72.6 Å². The van der Waals surface area contributed by atoms with Crippen molar-refractivity contribution in [2.24, 2.45) is 5.92 Å². The normalized spacial score (nSPS) is 14.7. The van der Waals surface area contributed by atoms with Crippen molar-refractivity contribution in [2.75, 3.05) is 0 Å². The molecule has 0 aromatic heterocycles. The lowest BCUT2D eigenvalue weighted by Gasteiger charge is -2.22. The van der Waals surface area contributed by atoms with Crippen LogP contribution in [0.1, 0.15) is 54.9 Å². The summed E-state index contributed by atoms with van der Waals surface area (Å²) in [6, 6.07) is -0.718. The molecule has 0 saturated carbocycles. The van der Waals surface area contributed by atoms with Gasteiger partial charge in [-0.3, -0.25) is 0 Å². The van der Waals surface area contributed by atoms with Crippen LogP contribution in [0.25, 0.3) is 0 Å². The molecule has 0 aromatic rings. The molecule has 2 atom stereocenters. The summed E-state index contributed by atoms with van der Waals surface area (Å²) < 4.78 is 10.3. The second-order valence-electron chi connectivity index (χ2n) is 6.24. The Morgan fingerprint density at radius 2 is 1.63 bits per heavy atom. The second kappa shape index (κ2) is 7.36. The molecule has 0 aromatic carbocycles. The van der Waals surface area contributed by atoms with Gasteiger partial charge in [0.05, 0.1) is 6.10 Å². The predicted octanol–water partition coefficient (Wildman–Crippen LogP) is 2.88. The summed E-state index contributed by atoms with van der Waals surface area (Å²) in [5, 5.41) is 2.46. The molecular weight excluding hydrogens is 246 g/mol. The fourth-order valence-electron chi connectivity index (χ4n) is 1.56. The summed E-state index contributed by atoms with van der Waals surface area (Å²) >= 11 is 0. The van der Waals surface area contributed by atoms with Gasteiger partial charge in [-0.25, -0.2) is 9.59 Å². The molecule has 0 rings (SSSR count). The third kappa shape index (κ3) is 9.33. The Bertz CT molecular complexity index is 307. The Morgan fingerprint density at radius 1 is 1.11 bits per heavy atom. The fourth-order valence-corrected chi connectivity index (χ4v) is 1.56. The molecule has 0 aliphatic carbocycles. The molecule has 5 nitrogen and oxygen atoms in total. The van der Waals surface area contributed by atoms with Crippen LogP contribution in [0, 0.1) is 5.92 Å². The van der Waals surface area contributed by atoms with Crippen LogP contribution in [0.2, 0.25) is 0 Å². The lowest BCUT2D eigenvalue weighted by atomic mass is 10.1. The van der Waals surface area contributed by atoms with Crippen LogP contribution in [0.5, 0.6) is 0 Å². The number of hydrogen-bond donors (Lipinski definition) is 1. The van der Waals surface area contributed by atoms with Crippen LogP contribution >= 0.6 is 0 Å². The maximum atomic E-state index is 11.7. The highest BCUT2D eigenvalue weighted by molar-refractivity contribution is 5.81. The van der Waals surface area contributed by atoms with E-state index in [-0.39, 0.29) is 6.10 Å². The molecule has 5 heteroatoms. The van der Waals surface area contributed by atoms with E-state index in [4.69, 9.17) is 9.47 Å². The first-order valence-electron chi connectivity index (χ1n) is 6.71. The Hall–Kier alpha value is -1.26. The number of carbonyl (C=O) groups excluding carboxylic acids is 2. The van der Waals surface area contributed by atoms with Gasteiger partial charge < -0.3 is 14.8 Å². The second-order valence-corrected chi connectivity index (χ2v) is 6.24. The number of amides is 1. The predicted molar refractivity (Wildman–Crippen MR) is 73.8 cm³/mol. The Labute approximate surface area is 116 Å². The Morgan fingerprint density at radius 3 is 2.05 bits per heavy atom. The average Bonchev–Trinajstić information content (AvgIpc) is 2.11. The van der Waals surface area contributed by atoms with E-state index in [2.05, 4.69) is 19.2 Å². The van der Waals surface area contributed by atoms with Gasteiger partial charge in [0.25, 0.3) is 0 Å². The third-order valence-corrected chi connectivity index (χ3v) is 2.21. The summed E-state index contributed by atoms with van der Waals surface area (Å²) in [4.78, 5) is 23.2. The zero-order valence-electron chi connectivity index (χ0n) is 13.1. The smallest absolute Gasteiger partial charge is 0.408 e. The van der Waals surface area contributed by atoms with Crippen LogP contribution in [-0.2, 0) is 14.3 Å². The Kier molecular flexibility index (Phi) is 6.87. The standard InChI is InChI=1S/C14H27NO4/c1-9(2)8-10(3)18-12(16)11(4)15-13(17)19-14(5,6)7/h9-11H,8H2,1-7H3,(H,15,17). The van der Waals surface area contributed by atoms with E-state index in [1.807, 2.05) is 6.92 Å². The number of hydrogen-bond acceptors (Lipinski definition) is 4. The quantitative estimate of drug-likeness (QED) is 0.782. The summed E-state index contributed by atoms with van der Waals surface area (Å²) in [6.45, 7) is 12.8. The van der Waals surface area contributed by atoms with Crippen molar-refractivity contribution in [3.8, 4) is 0 Å². The minimum Gasteiger partial charge on any atom is -0.461 e. The maximum absolute atomic E-state index is 11.7. The minimum absolute atomic E-state index is 0.157. The SMILES string of the molecule is CC(C)CC(C)OC(=O)C(C)NC(=O)OC(C)(C)C. The van der Waals surface area contributed by atoms with Crippen molar-refractivity contribution in [3.63, 3.8) is 0 Å². The third-order valence-electron chi connectivity index (χ3n) is 2.21. The van der Waals surface area contributed by atoms with E-state index >= 15 is 0 Å². The van der Waals surface area contributed by atoms with E-state index in [0.717, 1.165) is 6.42 Å². The molecule has 1 N–H and O–H groups in total. The van der Waals surface area contributed by atoms with E-state index in [1.165, 1.54) is 0 Å². The molecule has 0 bridgehead atoms. The zero-order valence-corrected chi connectivity index (χ0v) is 13.1. The molecule has 19 heavy (non-hydrogen) atoms.